The molecular weight excluding hydrogens is 1460 g/mol. The zero-order chi connectivity index (χ0) is 82.1. The molecule has 1 heterocycles. The number of methoxy groups -OCH3 is 1. The minimum Gasteiger partial charge on any atom is -0.459 e. The number of rotatable bonds is 54. The molecule has 32 heteroatoms. The van der Waals surface area contributed by atoms with Crippen LogP contribution in [0.15, 0.2) is 48.5 Å². The summed E-state index contributed by atoms with van der Waals surface area (Å²) in [5, 5.41) is 11.2. The molecule has 4 N–H and O–H groups in total. The summed E-state index contributed by atoms with van der Waals surface area (Å²) in [5.74, 6) is -3.09. The smallest absolute Gasteiger partial charge is 0.407 e. The van der Waals surface area contributed by atoms with Crippen molar-refractivity contribution in [3.8, 4) is 11.1 Å². The van der Waals surface area contributed by atoms with Crippen molar-refractivity contribution in [1.82, 2.24) is 40.9 Å². The predicted octanol–water partition coefficient (Wildman–Crippen LogP) is 4.57. The van der Waals surface area contributed by atoms with E-state index in [0.717, 1.165) is 22.3 Å². The monoisotopic (exact) mass is 1590 g/mol. The lowest BCUT2D eigenvalue weighted by Gasteiger charge is -2.37. The highest BCUT2D eigenvalue weighted by Gasteiger charge is 2.35. The number of benzene rings is 2. The van der Waals surface area contributed by atoms with Gasteiger partial charge in [-0.2, -0.15) is 0 Å². The van der Waals surface area contributed by atoms with E-state index in [2.05, 4.69) is 21.3 Å². The first kappa shape index (κ1) is 97.8. The highest BCUT2D eigenvalue weighted by atomic mass is 16.6. The second kappa shape index (κ2) is 55.0. The van der Waals surface area contributed by atoms with Gasteiger partial charge in [0.15, 0.2) is 0 Å². The van der Waals surface area contributed by atoms with Crippen LogP contribution in [-0.2, 0) is 109 Å². The van der Waals surface area contributed by atoms with Crippen LogP contribution in [-0.4, -0.2) is 346 Å². The zero-order valence-electron chi connectivity index (χ0n) is 69.2. The molecule has 4 rings (SSSR count). The Balaban J connectivity index is 1.13. The van der Waals surface area contributed by atoms with Gasteiger partial charge in [0.05, 0.1) is 158 Å². The molecule has 0 saturated carbocycles. The molecule has 2 aromatic carbocycles. The lowest BCUT2D eigenvalue weighted by molar-refractivity contribution is -0.163. The average molecular weight is 1590 g/mol. The second-order valence-electron chi connectivity index (χ2n) is 30.9. The van der Waals surface area contributed by atoms with Gasteiger partial charge in [-0.25, -0.2) is 4.79 Å². The van der Waals surface area contributed by atoms with Crippen molar-refractivity contribution >= 4 is 47.7 Å². The van der Waals surface area contributed by atoms with Crippen LogP contribution in [0.25, 0.3) is 11.1 Å². The van der Waals surface area contributed by atoms with Crippen LogP contribution in [0.5, 0.6) is 0 Å². The van der Waals surface area contributed by atoms with Gasteiger partial charge in [0.25, 0.3) is 0 Å². The maximum absolute atomic E-state index is 14.3. The number of carbonyl (C=O) groups excluding carboxylic acids is 8. The Kier molecular flexibility index (Phi) is 48.0. The zero-order valence-corrected chi connectivity index (χ0v) is 69.2. The van der Waals surface area contributed by atoms with E-state index >= 15 is 0 Å². The van der Waals surface area contributed by atoms with Gasteiger partial charge in [0.1, 0.15) is 41.1 Å². The van der Waals surface area contributed by atoms with E-state index in [1.54, 1.807) is 90.2 Å². The molecule has 0 aromatic heterocycles. The number of alkyl carbamates (subject to hydrolysis) is 1. The number of carbonyl (C=O) groups is 8. The summed E-state index contributed by atoms with van der Waals surface area (Å²) >= 11 is 0. The Labute approximate surface area is 664 Å². The minimum atomic E-state index is -1.09. The van der Waals surface area contributed by atoms with Crippen LogP contribution < -0.4 is 21.3 Å². The summed E-state index contributed by atoms with van der Waals surface area (Å²) in [7, 11) is 1.62. The first-order valence-electron chi connectivity index (χ1n) is 39.4. The fourth-order valence-electron chi connectivity index (χ4n) is 11.6. The van der Waals surface area contributed by atoms with Crippen LogP contribution in [0.4, 0.5) is 4.79 Å². The maximum atomic E-state index is 14.3. The van der Waals surface area contributed by atoms with Crippen molar-refractivity contribution < 1.29 is 114 Å². The number of amides is 4. The second-order valence-corrected chi connectivity index (χ2v) is 30.9. The molecule has 1 aliphatic carbocycles. The van der Waals surface area contributed by atoms with Crippen LogP contribution in [0, 0.1) is 0 Å². The van der Waals surface area contributed by atoms with Crippen molar-refractivity contribution in [2.75, 3.05) is 244 Å². The Morgan fingerprint density at radius 2 is 0.705 bits per heavy atom. The van der Waals surface area contributed by atoms with Crippen molar-refractivity contribution in [3.05, 3.63) is 59.7 Å². The Morgan fingerprint density at radius 1 is 0.393 bits per heavy atom. The largest absolute Gasteiger partial charge is 0.459 e. The quantitative estimate of drug-likeness (QED) is 0.0400. The molecule has 4 amide bonds. The standard InChI is InChI=1S/C80H134N8O24/c1-77(2,3)109-71(91)58-85-29-31-86(59-72(92)110-78(4,5)6)33-35-88(36-34-87(32-30-85)60-73(93)111-79(7,8)9)68(75(95)112-80(10,11)12)23-25-70(90)82-27-38-99-43-46-103-50-53-106-55-52-104-47-44-100-39-28-83-74(94)67(84-76(96)108-61-66-64-20-16-14-18-62(64)63-19-15-17-21-65(63)66)22-24-69(89)81-26-37-98-42-45-102-51-54-107-57-56-105-49-48-101-41-40-97-13/h14-21,66-68H,22-61H2,1-13H3,(H,81,89)(H,82,90)(H,83,94)(H,84,96)/t67-,68?/m1/s1. The van der Waals surface area contributed by atoms with Gasteiger partial charge in [-0.05, 0) is 118 Å². The maximum Gasteiger partial charge on any atom is 0.407 e. The van der Waals surface area contributed by atoms with E-state index < -0.39 is 70.4 Å². The molecular formula is C80H134N8O24. The van der Waals surface area contributed by atoms with Gasteiger partial charge in [0.2, 0.25) is 17.7 Å². The molecule has 1 aliphatic heterocycles. The lowest BCUT2D eigenvalue weighted by Crippen LogP contribution is -2.53. The normalized spacial score (nSPS) is 15.0. The summed E-state index contributed by atoms with van der Waals surface area (Å²) in [4.78, 5) is 115. The first-order valence-corrected chi connectivity index (χ1v) is 39.4. The highest BCUT2D eigenvalue weighted by Crippen LogP contribution is 2.44. The van der Waals surface area contributed by atoms with Crippen LogP contribution in [0.2, 0.25) is 0 Å². The number of nitrogens with zero attached hydrogens (tertiary/aromatic N) is 4. The third kappa shape index (κ3) is 46.7. The Bertz CT molecular complexity index is 2920. The molecule has 2 aromatic rings. The summed E-state index contributed by atoms with van der Waals surface area (Å²) < 4.78 is 89.6. The van der Waals surface area contributed by atoms with E-state index in [1.165, 1.54) is 0 Å². The number of fused-ring (bicyclic) bond motifs is 3. The van der Waals surface area contributed by atoms with Gasteiger partial charge >= 0.3 is 30.0 Å². The van der Waals surface area contributed by atoms with Gasteiger partial charge in [-0.15, -0.1) is 0 Å². The molecule has 2 aliphatic rings. The van der Waals surface area contributed by atoms with Crippen molar-refractivity contribution in [2.24, 2.45) is 0 Å². The van der Waals surface area contributed by atoms with Crippen LogP contribution in [0.1, 0.15) is 126 Å². The van der Waals surface area contributed by atoms with Gasteiger partial charge in [-0.3, -0.25) is 53.2 Å². The fraction of sp³-hybridized carbons (Fsp3) is 0.750. The molecule has 638 valence electrons. The topological polar surface area (TPSA) is 345 Å². The van der Waals surface area contributed by atoms with Crippen LogP contribution >= 0.6 is 0 Å². The minimum absolute atomic E-state index is 0.00101. The summed E-state index contributed by atoms with van der Waals surface area (Å²) in [6.07, 6.45) is -0.761. The molecule has 1 fully saturated rings. The van der Waals surface area contributed by atoms with Crippen molar-refractivity contribution in [3.63, 3.8) is 0 Å². The average Bonchev–Trinajstić information content (AvgIpc) is 1.62. The summed E-state index contributed by atoms with van der Waals surface area (Å²) in [5.41, 5.74) is 1.23. The number of hydrogen-bond acceptors (Lipinski definition) is 28. The van der Waals surface area contributed by atoms with E-state index in [4.69, 9.17) is 75.8 Å². The fourth-order valence-corrected chi connectivity index (χ4v) is 11.6. The van der Waals surface area contributed by atoms with Gasteiger partial charge < -0.3 is 97.1 Å². The predicted molar refractivity (Wildman–Crippen MR) is 418 cm³/mol. The molecule has 32 nitrogen and oxygen atoms in total. The van der Waals surface area contributed by atoms with Gasteiger partial charge in [0, 0.05) is 97.9 Å². The lowest BCUT2D eigenvalue weighted by atomic mass is 9.98. The first-order chi connectivity index (χ1) is 53.4. The third-order valence-corrected chi connectivity index (χ3v) is 16.7. The molecule has 1 saturated heterocycles. The number of hydrogen-bond donors (Lipinski definition) is 4. The number of nitrogens with one attached hydrogen (secondary N) is 4. The van der Waals surface area contributed by atoms with Crippen molar-refractivity contribution in [2.45, 2.75) is 149 Å². The number of ether oxygens (including phenoxy) is 16. The Morgan fingerprint density at radius 3 is 1.05 bits per heavy atom. The van der Waals surface area contributed by atoms with Crippen molar-refractivity contribution in [1.29, 1.82) is 0 Å². The Hall–Kier alpha value is -6.60. The molecule has 1 unspecified atom stereocenters. The van der Waals surface area contributed by atoms with Crippen LogP contribution in [0.3, 0.4) is 0 Å². The van der Waals surface area contributed by atoms with Gasteiger partial charge in [-0.1, -0.05) is 48.5 Å². The van der Waals surface area contributed by atoms with E-state index in [0.29, 0.717) is 138 Å². The molecule has 0 radical (unpaired) electrons. The third-order valence-electron chi connectivity index (χ3n) is 16.7. The SMILES string of the molecule is COCCOCCOCCOCCOCCOCCNC(=O)CC[C@@H](NC(=O)OCC1c2ccccc2-c2ccccc21)C(=O)NCCOCCOCCOCCOCCOCCNC(=O)CCC(C(=O)OC(C)(C)C)N1CCN(CC(=O)OC(C)(C)C)CCN(CC(=O)OC(C)(C)C)CCN(CC(=O)OC(C)(C)C)CC1. The summed E-state index contributed by atoms with van der Waals surface area (Å²) in [6.45, 7) is 32.1. The van der Waals surface area contributed by atoms with E-state index in [-0.39, 0.29) is 142 Å². The van der Waals surface area contributed by atoms with E-state index in [1.807, 2.05) is 68.1 Å². The molecule has 2 atom stereocenters. The molecule has 0 bridgehead atoms. The molecule has 112 heavy (non-hydrogen) atoms. The summed E-state index contributed by atoms with van der Waals surface area (Å²) in [6, 6.07) is 14.0. The highest BCUT2D eigenvalue weighted by molar-refractivity contribution is 5.87. The molecule has 0 spiro atoms. The van der Waals surface area contributed by atoms with E-state index in [9.17, 15) is 38.4 Å². The number of esters is 4.